The number of alkyl halides is 1. The molecule has 92 valence electrons. The summed E-state index contributed by atoms with van der Waals surface area (Å²) in [4.78, 5) is 20.0. The zero-order valence-electron chi connectivity index (χ0n) is 9.32. The molecule has 0 aromatic carbocycles. The largest absolute Gasteiger partial charge is 0.278 e. The molecule has 7 nitrogen and oxygen atoms in total. The first kappa shape index (κ1) is 11.1. The standard InChI is InChI=1S/C10H9BrN6O/c11-5-16-2-1-15(7-16)4-8-3-9(18)17-10(14-8)12-6-13-17/h1-3,6-7H,4-5H2/p+1. The number of aromatic amines is 1. The highest BCUT2D eigenvalue weighted by Gasteiger charge is 2.08. The van der Waals surface area contributed by atoms with Crippen molar-refractivity contribution in [1.82, 2.24) is 24.1 Å². The Hall–Kier alpha value is -1.96. The maximum absolute atomic E-state index is 11.7. The van der Waals surface area contributed by atoms with Crippen molar-refractivity contribution in [2.24, 2.45) is 0 Å². The Morgan fingerprint density at radius 3 is 3.17 bits per heavy atom. The predicted octanol–water partition coefficient (Wildman–Crippen LogP) is -0.0927. The van der Waals surface area contributed by atoms with Crippen LogP contribution in [0.3, 0.4) is 0 Å². The lowest BCUT2D eigenvalue weighted by molar-refractivity contribution is -0.688. The van der Waals surface area contributed by atoms with Gasteiger partial charge in [-0.1, -0.05) is 0 Å². The van der Waals surface area contributed by atoms with Crippen molar-refractivity contribution in [3.63, 3.8) is 0 Å². The molecule has 3 rings (SSSR count). The number of rotatable bonds is 3. The van der Waals surface area contributed by atoms with Gasteiger partial charge in [-0.3, -0.25) is 9.89 Å². The number of hydrogen-bond donors (Lipinski definition) is 1. The van der Waals surface area contributed by atoms with Crippen molar-refractivity contribution >= 4 is 21.7 Å². The van der Waals surface area contributed by atoms with Crippen LogP contribution in [0.15, 0.2) is 35.9 Å². The first-order valence-electron chi connectivity index (χ1n) is 5.29. The zero-order chi connectivity index (χ0) is 12.5. The topological polar surface area (TPSA) is 71.9 Å². The highest BCUT2D eigenvalue weighted by atomic mass is 79.9. The molecule has 0 spiro atoms. The van der Waals surface area contributed by atoms with E-state index in [1.165, 1.54) is 16.9 Å². The Morgan fingerprint density at radius 1 is 1.50 bits per heavy atom. The van der Waals surface area contributed by atoms with E-state index in [0.717, 1.165) is 5.45 Å². The number of hydrogen-bond acceptors (Lipinski definition) is 3. The summed E-state index contributed by atoms with van der Waals surface area (Å²) in [7, 11) is 0. The molecular weight excluding hydrogens is 300 g/mol. The fourth-order valence-corrected chi connectivity index (χ4v) is 2.04. The average molecular weight is 310 g/mol. The van der Waals surface area contributed by atoms with Crippen LogP contribution in [0, 0.1) is 0 Å². The molecule has 0 bridgehead atoms. The number of fused-ring (bicyclic) bond motifs is 1. The molecule has 3 aromatic heterocycles. The second-order valence-electron chi connectivity index (χ2n) is 3.83. The molecule has 0 amide bonds. The average Bonchev–Trinajstić information content (AvgIpc) is 2.97. The molecular formula is C10H10BrN6O+. The summed E-state index contributed by atoms with van der Waals surface area (Å²) < 4.78 is 5.23. The third-order valence-corrected chi connectivity index (χ3v) is 3.13. The molecule has 0 saturated carbocycles. The zero-order valence-corrected chi connectivity index (χ0v) is 10.9. The monoisotopic (exact) mass is 309 g/mol. The third kappa shape index (κ3) is 1.94. The fraction of sp³-hybridized carbons (Fsp3) is 0.200. The molecule has 0 aliphatic rings. The molecule has 1 N–H and O–H groups in total. The minimum atomic E-state index is -0.159. The normalized spacial score (nSPS) is 11.2. The van der Waals surface area contributed by atoms with E-state index in [-0.39, 0.29) is 5.56 Å². The molecule has 8 heteroatoms. The van der Waals surface area contributed by atoms with E-state index in [4.69, 9.17) is 0 Å². The van der Waals surface area contributed by atoms with Gasteiger partial charge in [0, 0.05) is 6.07 Å². The lowest BCUT2D eigenvalue weighted by Crippen LogP contribution is -2.33. The summed E-state index contributed by atoms with van der Waals surface area (Å²) in [6, 6.07) is 1.50. The van der Waals surface area contributed by atoms with Gasteiger partial charge in [0.2, 0.25) is 6.33 Å². The van der Waals surface area contributed by atoms with E-state index in [2.05, 4.69) is 31.0 Å². The van der Waals surface area contributed by atoms with E-state index < -0.39 is 0 Å². The van der Waals surface area contributed by atoms with E-state index in [9.17, 15) is 4.79 Å². The quantitative estimate of drug-likeness (QED) is 0.543. The SMILES string of the molecule is O=c1cc(C[n+]2ccn(CBr)c2)nc2nc[nH]n12. The fourth-order valence-electron chi connectivity index (χ4n) is 1.74. The van der Waals surface area contributed by atoms with Gasteiger partial charge < -0.3 is 0 Å². The minimum Gasteiger partial charge on any atom is -0.278 e. The van der Waals surface area contributed by atoms with Crippen molar-refractivity contribution in [2.75, 3.05) is 0 Å². The summed E-state index contributed by atoms with van der Waals surface area (Å²) in [6.45, 7) is 0.540. The van der Waals surface area contributed by atoms with Gasteiger partial charge in [-0.15, -0.1) is 0 Å². The lowest BCUT2D eigenvalue weighted by Gasteiger charge is -1.97. The van der Waals surface area contributed by atoms with Gasteiger partial charge in [0.15, 0.2) is 0 Å². The number of halogens is 1. The molecule has 0 atom stereocenters. The van der Waals surface area contributed by atoms with Crippen LogP contribution in [0.2, 0.25) is 0 Å². The molecule has 18 heavy (non-hydrogen) atoms. The molecule has 3 heterocycles. The Labute approximate surface area is 110 Å². The van der Waals surface area contributed by atoms with Crippen molar-refractivity contribution < 1.29 is 4.57 Å². The van der Waals surface area contributed by atoms with Crippen molar-refractivity contribution in [2.45, 2.75) is 12.0 Å². The van der Waals surface area contributed by atoms with Crippen LogP contribution in [-0.2, 0) is 12.0 Å². The molecule has 0 unspecified atom stereocenters. The number of H-pyrrole nitrogens is 1. The van der Waals surface area contributed by atoms with Crippen LogP contribution in [0.1, 0.15) is 5.69 Å². The lowest BCUT2D eigenvalue weighted by atomic mass is 10.4. The second-order valence-corrected chi connectivity index (χ2v) is 4.33. The van der Waals surface area contributed by atoms with E-state index in [0.29, 0.717) is 18.0 Å². The van der Waals surface area contributed by atoms with E-state index in [1.54, 1.807) is 0 Å². The molecule has 0 aliphatic carbocycles. The number of nitrogens with zero attached hydrogens (tertiary/aromatic N) is 5. The van der Waals surface area contributed by atoms with Crippen molar-refractivity contribution in [3.05, 3.63) is 47.2 Å². The third-order valence-electron chi connectivity index (χ3n) is 2.55. The maximum atomic E-state index is 11.7. The van der Waals surface area contributed by atoms with Crippen LogP contribution in [0.4, 0.5) is 0 Å². The Balaban J connectivity index is 1.96. The summed E-state index contributed by atoms with van der Waals surface area (Å²) in [5.41, 5.74) is 1.26. The van der Waals surface area contributed by atoms with Gasteiger partial charge in [-0.05, 0) is 15.9 Å². The van der Waals surface area contributed by atoms with E-state index >= 15 is 0 Å². The van der Waals surface area contributed by atoms with Crippen LogP contribution >= 0.6 is 15.9 Å². The summed E-state index contributed by atoms with van der Waals surface area (Å²) in [6.07, 6.45) is 7.24. The summed E-state index contributed by atoms with van der Waals surface area (Å²) >= 11 is 3.36. The van der Waals surface area contributed by atoms with Gasteiger partial charge in [0.25, 0.3) is 11.3 Å². The first-order chi connectivity index (χ1) is 8.76. The maximum Gasteiger partial charge on any atom is 0.274 e. The molecule has 0 radical (unpaired) electrons. The van der Waals surface area contributed by atoms with Crippen LogP contribution in [0.25, 0.3) is 5.78 Å². The smallest absolute Gasteiger partial charge is 0.274 e. The Morgan fingerprint density at radius 2 is 2.39 bits per heavy atom. The van der Waals surface area contributed by atoms with Gasteiger partial charge in [0.05, 0.1) is 5.69 Å². The van der Waals surface area contributed by atoms with Crippen molar-refractivity contribution in [1.29, 1.82) is 0 Å². The summed E-state index contributed by atoms with van der Waals surface area (Å²) in [5, 5.41) is 2.71. The molecule has 3 aromatic rings. The Kier molecular flexibility index (Phi) is 2.71. The van der Waals surface area contributed by atoms with Gasteiger partial charge in [-0.2, -0.15) is 4.52 Å². The summed E-state index contributed by atoms with van der Waals surface area (Å²) in [5.74, 6) is 0.387. The molecule has 0 fully saturated rings. The highest BCUT2D eigenvalue weighted by molar-refractivity contribution is 9.08. The van der Waals surface area contributed by atoms with Gasteiger partial charge in [-0.25, -0.2) is 19.1 Å². The van der Waals surface area contributed by atoms with Gasteiger partial charge in [0.1, 0.15) is 30.7 Å². The second kappa shape index (κ2) is 4.37. The minimum absolute atomic E-state index is 0.159. The van der Waals surface area contributed by atoms with Crippen LogP contribution in [-0.4, -0.2) is 24.1 Å². The molecule has 0 saturated heterocycles. The first-order valence-corrected chi connectivity index (χ1v) is 6.41. The van der Waals surface area contributed by atoms with Crippen molar-refractivity contribution in [3.8, 4) is 0 Å². The molecule has 0 aliphatic heterocycles. The van der Waals surface area contributed by atoms with Crippen LogP contribution < -0.4 is 10.1 Å². The highest BCUT2D eigenvalue weighted by Crippen LogP contribution is 1.95. The number of aromatic nitrogens is 6. The van der Waals surface area contributed by atoms with E-state index in [1.807, 2.05) is 27.9 Å². The van der Waals surface area contributed by atoms with Gasteiger partial charge >= 0.3 is 0 Å². The number of imidazole rings is 1. The Bertz CT molecular complexity index is 742. The number of nitrogens with one attached hydrogen (secondary N) is 1. The van der Waals surface area contributed by atoms with Crippen LogP contribution in [0.5, 0.6) is 0 Å². The predicted molar refractivity (Wildman–Crippen MR) is 66.3 cm³/mol.